The monoisotopic (exact) mass is 318 g/mol. The maximum Gasteiger partial charge on any atom is 0.222 e. The Kier molecular flexibility index (Phi) is 4.71. The van der Waals surface area contributed by atoms with Crippen molar-refractivity contribution in [1.29, 1.82) is 0 Å². The number of nitrogens with zero attached hydrogens (tertiary/aromatic N) is 5. The number of hydrogen-bond donors (Lipinski definition) is 2. The highest BCUT2D eigenvalue weighted by molar-refractivity contribution is 5.76. The molecule has 1 saturated heterocycles. The number of aliphatic hydroxyl groups is 1. The number of aryl methyl sites for hydroxylation is 2. The van der Waals surface area contributed by atoms with Crippen LogP contribution in [0.5, 0.6) is 0 Å². The quantitative estimate of drug-likeness (QED) is 0.790. The second kappa shape index (κ2) is 6.91. The number of hydrogen-bond acceptors (Lipinski definition) is 5. The van der Waals surface area contributed by atoms with E-state index in [1.807, 2.05) is 13.0 Å². The minimum atomic E-state index is -0.480. The molecule has 0 radical (unpaired) electrons. The lowest BCUT2D eigenvalue weighted by Crippen LogP contribution is -2.29. The van der Waals surface area contributed by atoms with Gasteiger partial charge in [-0.2, -0.15) is 10.2 Å². The molecule has 124 valence electrons. The van der Waals surface area contributed by atoms with Gasteiger partial charge in [-0.05, 0) is 25.8 Å². The van der Waals surface area contributed by atoms with Crippen molar-refractivity contribution >= 4 is 5.91 Å². The molecule has 23 heavy (non-hydrogen) atoms. The molecule has 0 aliphatic carbocycles. The zero-order valence-electron chi connectivity index (χ0n) is 13.2. The molecule has 0 aromatic carbocycles. The fourth-order valence-corrected chi connectivity index (χ4v) is 3.00. The number of amides is 1. The molecule has 0 spiro atoms. The van der Waals surface area contributed by atoms with Gasteiger partial charge in [0, 0.05) is 37.7 Å². The Bertz CT molecular complexity index is 638. The van der Waals surface area contributed by atoms with Crippen molar-refractivity contribution in [3.8, 4) is 0 Å². The lowest BCUT2D eigenvalue weighted by Gasteiger charge is -2.15. The minimum absolute atomic E-state index is 0.0527. The van der Waals surface area contributed by atoms with Gasteiger partial charge >= 0.3 is 0 Å². The summed E-state index contributed by atoms with van der Waals surface area (Å²) in [6, 6.07) is 1.98. The van der Waals surface area contributed by atoms with Gasteiger partial charge in [0.2, 0.25) is 5.91 Å². The molecule has 8 heteroatoms. The van der Waals surface area contributed by atoms with Gasteiger partial charge in [-0.15, -0.1) is 0 Å². The zero-order valence-corrected chi connectivity index (χ0v) is 13.2. The van der Waals surface area contributed by atoms with E-state index >= 15 is 0 Å². The number of rotatable bonds is 6. The number of aromatic amines is 1. The van der Waals surface area contributed by atoms with Crippen LogP contribution in [-0.2, 0) is 17.8 Å². The Balaban J connectivity index is 1.46. The van der Waals surface area contributed by atoms with Crippen molar-refractivity contribution in [2.24, 2.45) is 5.92 Å². The van der Waals surface area contributed by atoms with E-state index in [4.69, 9.17) is 0 Å². The fraction of sp³-hybridized carbons (Fsp3) is 0.600. The van der Waals surface area contributed by atoms with Crippen molar-refractivity contribution in [2.75, 3.05) is 13.1 Å². The molecule has 1 aliphatic heterocycles. The fourth-order valence-electron chi connectivity index (χ4n) is 3.00. The molecule has 3 heterocycles. The molecule has 0 unspecified atom stereocenters. The molecule has 1 aliphatic rings. The van der Waals surface area contributed by atoms with Crippen molar-refractivity contribution < 1.29 is 9.90 Å². The number of H-pyrrole nitrogens is 1. The average molecular weight is 318 g/mol. The van der Waals surface area contributed by atoms with E-state index < -0.39 is 6.10 Å². The predicted octanol–water partition coefficient (Wildman–Crippen LogP) is 0.152. The van der Waals surface area contributed by atoms with Gasteiger partial charge in [0.1, 0.15) is 12.7 Å². The number of carbonyl (C=O) groups excluding carboxylic acids is 1. The van der Waals surface area contributed by atoms with E-state index in [0.29, 0.717) is 32.5 Å². The van der Waals surface area contributed by atoms with Gasteiger partial charge < -0.3 is 10.0 Å². The van der Waals surface area contributed by atoms with E-state index in [0.717, 1.165) is 17.8 Å². The highest BCUT2D eigenvalue weighted by Gasteiger charge is 2.34. The summed E-state index contributed by atoms with van der Waals surface area (Å²) in [5.74, 6) is 0.141. The maximum absolute atomic E-state index is 12.3. The molecule has 0 saturated carbocycles. The van der Waals surface area contributed by atoms with Gasteiger partial charge in [-0.1, -0.05) is 0 Å². The lowest BCUT2D eigenvalue weighted by molar-refractivity contribution is -0.130. The SMILES string of the molecule is Cc1cc(C[C@@H]2CN(C(=O)CCCn3cncn3)C[C@@H]2O)n[nH]1. The van der Waals surface area contributed by atoms with Gasteiger partial charge in [0.25, 0.3) is 0 Å². The summed E-state index contributed by atoms with van der Waals surface area (Å²) >= 11 is 0. The van der Waals surface area contributed by atoms with Crippen LogP contribution in [0.3, 0.4) is 0 Å². The molecule has 1 fully saturated rings. The summed E-state index contributed by atoms with van der Waals surface area (Å²) in [5, 5.41) is 21.3. The zero-order chi connectivity index (χ0) is 16.2. The van der Waals surface area contributed by atoms with Crippen LogP contribution in [0.2, 0.25) is 0 Å². The number of aromatic nitrogens is 5. The number of β-amino-alcohol motifs (C(OH)–C–C–N with tert-alkyl or cyclic N) is 1. The number of nitrogens with one attached hydrogen (secondary N) is 1. The van der Waals surface area contributed by atoms with Gasteiger partial charge in [0.05, 0.1) is 11.8 Å². The molecule has 0 bridgehead atoms. The third-order valence-electron chi connectivity index (χ3n) is 4.23. The first-order chi connectivity index (χ1) is 11.1. The molecule has 2 atom stereocenters. The van der Waals surface area contributed by atoms with Crippen LogP contribution in [-0.4, -0.2) is 60.1 Å². The number of carbonyl (C=O) groups is 1. The molecule has 2 N–H and O–H groups in total. The van der Waals surface area contributed by atoms with Crippen LogP contribution >= 0.6 is 0 Å². The second-order valence-corrected chi connectivity index (χ2v) is 6.13. The number of likely N-dealkylation sites (tertiary alicyclic amines) is 1. The molecule has 8 nitrogen and oxygen atoms in total. The average Bonchev–Trinajstić information content (AvgIpc) is 3.23. The van der Waals surface area contributed by atoms with Gasteiger partial charge in [-0.25, -0.2) is 4.98 Å². The third-order valence-corrected chi connectivity index (χ3v) is 4.23. The normalized spacial score (nSPS) is 21.0. The maximum atomic E-state index is 12.3. The smallest absolute Gasteiger partial charge is 0.222 e. The predicted molar refractivity (Wildman–Crippen MR) is 82.4 cm³/mol. The van der Waals surface area contributed by atoms with E-state index in [1.54, 1.807) is 15.9 Å². The Morgan fingerprint density at radius 1 is 1.48 bits per heavy atom. The van der Waals surface area contributed by atoms with E-state index in [1.165, 1.54) is 6.33 Å². The molecular weight excluding hydrogens is 296 g/mol. The van der Waals surface area contributed by atoms with Gasteiger partial charge in [0.15, 0.2) is 0 Å². The first-order valence-corrected chi connectivity index (χ1v) is 7.91. The second-order valence-electron chi connectivity index (χ2n) is 6.13. The summed E-state index contributed by atoms with van der Waals surface area (Å²) in [4.78, 5) is 17.9. The number of aliphatic hydroxyl groups excluding tert-OH is 1. The van der Waals surface area contributed by atoms with E-state index in [2.05, 4.69) is 20.3 Å². The van der Waals surface area contributed by atoms with Gasteiger partial charge in [-0.3, -0.25) is 14.6 Å². The molecule has 3 rings (SSSR count). The summed E-state index contributed by atoms with van der Waals surface area (Å²) in [6.07, 6.45) is 4.52. The third kappa shape index (κ3) is 3.95. The Hall–Kier alpha value is -2.22. The molecule has 2 aromatic rings. The lowest BCUT2D eigenvalue weighted by atomic mass is 10.0. The van der Waals surface area contributed by atoms with Crippen molar-refractivity contribution in [1.82, 2.24) is 29.9 Å². The van der Waals surface area contributed by atoms with Crippen LogP contribution in [0.15, 0.2) is 18.7 Å². The Labute approximate surface area is 134 Å². The largest absolute Gasteiger partial charge is 0.391 e. The van der Waals surface area contributed by atoms with Crippen LogP contribution in [0.25, 0.3) is 0 Å². The molecule has 1 amide bonds. The van der Waals surface area contributed by atoms with E-state index in [9.17, 15) is 9.90 Å². The molecule has 2 aromatic heterocycles. The first kappa shape index (κ1) is 15.7. The van der Waals surface area contributed by atoms with E-state index in [-0.39, 0.29) is 11.8 Å². The summed E-state index contributed by atoms with van der Waals surface area (Å²) in [7, 11) is 0. The van der Waals surface area contributed by atoms with Crippen molar-refractivity contribution in [3.63, 3.8) is 0 Å². The summed E-state index contributed by atoms with van der Waals surface area (Å²) in [5.41, 5.74) is 1.94. The minimum Gasteiger partial charge on any atom is -0.391 e. The van der Waals surface area contributed by atoms with Crippen LogP contribution in [0.4, 0.5) is 0 Å². The summed E-state index contributed by atoms with van der Waals surface area (Å²) < 4.78 is 1.72. The van der Waals surface area contributed by atoms with Crippen molar-refractivity contribution in [2.45, 2.75) is 38.8 Å². The standard InChI is InChI=1S/C15H22N6O2/c1-11-5-13(19-18-11)6-12-7-20(8-14(12)22)15(23)3-2-4-21-10-16-9-17-21/h5,9-10,12,14,22H,2-4,6-8H2,1H3,(H,18,19)/t12-,14+/m1/s1. The summed E-state index contributed by atoms with van der Waals surface area (Å²) in [6.45, 7) is 3.64. The highest BCUT2D eigenvalue weighted by atomic mass is 16.3. The topological polar surface area (TPSA) is 99.9 Å². The highest BCUT2D eigenvalue weighted by Crippen LogP contribution is 2.22. The Morgan fingerprint density at radius 2 is 2.35 bits per heavy atom. The van der Waals surface area contributed by atoms with Crippen LogP contribution in [0.1, 0.15) is 24.2 Å². The van der Waals surface area contributed by atoms with Crippen LogP contribution in [0, 0.1) is 12.8 Å². The first-order valence-electron chi connectivity index (χ1n) is 7.91. The molecular formula is C15H22N6O2. The Morgan fingerprint density at radius 3 is 3.04 bits per heavy atom. The van der Waals surface area contributed by atoms with Crippen LogP contribution < -0.4 is 0 Å². The van der Waals surface area contributed by atoms with Crippen molar-refractivity contribution in [3.05, 3.63) is 30.1 Å².